The molecule has 2 aromatic carbocycles. The van der Waals surface area contributed by atoms with Gasteiger partial charge >= 0.3 is 0 Å². The van der Waals surface area contributed by atoms with Crippen LogP contribution < -0.4 is 14.8 Å². The van der Waals surface area contributed by atoms with E-state index < -0.39 is 0 Å². The molecule has 0 aromatic heterocycles. The monoisotopic (exact) mass is 552 g/mol. The largest absolute Gasteiger partial charge is 0.496 e. The third-order valence-corrected chi connectivity index (χ3v) is 9.59. The fourth-order valence-corrected chi connectivity index (χ4v) is 6.65. The van der Waals surface area contributed by atoms with Crippen molar-refractivity contribution in [1.29, 1.82) is 0 Å². The summed E-state index contributed by atoms with van der Waals surface area (Å²) in [5, 5.41) is 3.72. The number of halogens is 1. The second-order valence-corrected chi connectivity index (χ2v) is 12.7. The van der Waals surface area contributed by atoms with Crippen LogP contribution in [0.2, 0.25) is 0 Å². The molecule has 0 spiro atoms. The lowest BCUT2D eigenvalue weighted by molar-refractivity contribution is 0.164. The summed E-state index contributed by atoms with van der Waals surface area (Å²) in [5.41, 5.74) is 5.90. The van der Waals surface area contributed by atoms with Crippen molar-refractivity contribution in [3.8, 4) is 11.5 Å². The number of nitrogens with one attached hydrogen (secondary N) is 1. The lowest BCUT2D eigenvalue weighted by Crippen LogP contribution is -2.41. The molecule has 5 aliphatic carbocycles. The van der Waals surface area contributed by atoms with E-state index in [2.05, 4.69) is 46.6 Å². The maximum atomic E-state index is 5.61. The van der Waals surface area contributed by atoms with Crippen LogP contribution >= 0.6 is 12.4 Å². The van der Waals surface area contributed by atoms with Gasteiger partial charge in [-0.25, -0.2) is 0 Å². The minimum Gasteiger partial charge on any atom is -0.496 e. The minimum atomic E-state index is 0. The number of hydrogen-bond donors (Lipinski definition) is 1. The molecule has 3 fully saturated rings. The summed E-state index contributed by atoms with van der Waals surface area (Å²) in [6.45, 7) is 3.92. The number of aryl methyl sites for hydroxylation is 2. The van der Waals surface area contributed by atoms with Crippen molar-refractivity contribution >= 4 is 12.4 Å². The second kappa shape index (κ2) is 13.3. The average Bonchev–Trinajstić information content (AvgIpc) is 3.81. The Hall–Kier alpha value is -1.75. The summed E-state index contributed by atoms with van der Waals surface area (Å²) in [5.74, 6) is 5.15. The predicted molar refractivity (Wildman–Crippen MR) is 163 cm³/mol. The summed E-state index contributed by atoms with van der Waals surface area (Å²) < 4.78 is 11.1. The van der Waals surface area contributed by atoms with E-state index in [1.165, 1.54) is 113 Å². The van der Waals surface area contributed by atoms with Crippen LogP contribution in [0.25, 0.3) is 0 Å². The molecule has 0 aliphatic heterocycles. The highest BCUT2D eigenvalue weighted by Crippen LogP contribution is 2.38. The first-order valence-electron chi connectivity index (χ1n) is 15.5. The van der Waals surface area contributed by atoms with Gasteiger partial charge in [0, 0.05) is 25.2 Å². The number of methoxy groups -OCH3 is 2. The number of rotatable bonds is 10. The van der Waals surface area contributed by atoms with E-state index in [1.807, 2.05) is 7.11 Å². The van der Waals surface area contributed by atoms with Crippen LogP contribution in [0.1, 0.15) is 73.6 Å². The van der Waals surface area contributed by atoms with E-state index in [0.29, 0.717) is 6.04 Å². The van der Waals surface area contributed by atoms with E-state index >= 15 is 0 Å². The Kier molecular flexibility index (Phi) is 9.79. The smallest absolute Gasteiger partial charge is 0.122 e. The molecule has 3 saturated carbocycles. The molecular weight excluding hydrogens is 504 g/mol. The molecule has 0 radical (unpaired) electrons. The zero-order valence-corrected chi connectivity index (χ0v) is 24.9. The highest BCUT2D eigenvalue weighted by atomic mass is 35.5. The Bertz CT molecular complexity index is 1040. The van der Waals surface area contributed by atoms with Gasteiger partial charge in [-0.1, -0.05) is 24.3 Å². The third kappa shape index (κ3) is 7.71. The standard InChI is InChI=1S/C19H27NO.C15H21NO.ClH/c1-21-19-4-2-3-16-9-10-17(11-18(16)19)20(12-14-5-6-14)13-15-7-8-15;1-17-15-4-2-3-12-7-8-13(9-14(12)15)16-10-11-5-6-11;/h2-4,14-15,17H,5-13H2,1H3;2-4,11,13,16H,5-10H2,1H3;1H. The number of benzene rings is 2. The Morgan fingerprint density at radius 3 is 1.77 bits per heavy atom. The SMILES string of the molecule is COc1cccc2c1CC(N(CC1CC1)CC1CC1)CC2.COc1cccc2c1CC(NCC1CC1)CC2.Cl. The molecule has 39 heavy (non-hydrogen) atoms. The van der Waals surface area contributed by atoms with Crippen LogP contribution in [0, 0.1) is 17.8 Å². The second-order valence-electron chi connectivity index (χ2n) is 12.7. The van der Waals surface area contributed by atoms with Crippen molar-refractivity contribution in [1.82, 2.24) is 10.2 Å². The normalized spacial score (nSPS) is 23.6. The average molecular weight is 553 g/mol. The first kappa shape index (κ1) is 28.8. The lowest BCUT2D eigenvalue weighted by Gasteiger charge is -2.36. The third-order valence-electron chi connectivity index (χ3n) is 9.59. The van der Waals surface area contributed by atoms with E-state index in [1.54, 1.807) is 7.11 Å². The topological polar surface area (TPSA) is 33.7 Å². The summed E-state index contributed by atoms with van der Waals surface area (Å²) in [7, 11) is 3.59. The van der Waals surface area contributed by atoms with Gasteiger partial charge in [0.1, 0.15) is 11.5 Å². The zero-order chi connectivity index (χ0) is 25.9. The summed E-state index contributed by atoms with van der Waals surface area (Å²) in [6.07, 6.45) is 16.1. The van der Waals surface area contributed by atoms with Crippen molar-refractivity contribution in [2.24, 2.45) is 17.8 Å². The molecule has 2 atom stereocenters. The van der Waals surface area contributed by atoms with E-state index in [4.69, 9.17) is 9.47 Å². The Morgan fingerprint density at radius 1 is 0.692 bits per heavy atom. The molecule has 4 nitrogen and oxygen atoms in total. The van der Waals surface area contributed by atoms with Crippen LogP contribution in [-0.2, 0) is 25.7 Å². The molecule has 0 bridgehead atoms. The molecule has 2 aromatic rings. The van der Waals surface area contributed by atoms with Crippen molar-refractivity contribution in [3.63, 3.8) is 0 Å². The van der Waals surface area contributed by atoms with Crippen LogP contribution in [0.15, 0.2) is 36.4 Å². The Morgan fingerprint density at radius 2 is 1.23 bits per heavy atom. The van der Waals surface area contributed by atoms with Crippen LogP contribution in [0.5, 0.6) is 11.5 Å². The van der Waals surface area contributed by atoms with Gasteiger partial charge < -0.3 is 14.8 Å². The molecule has 0 saturated heterocycles. The highest BCUT2D eigenvalue weighted by molar-refractivity contribution is 5.85. The van der Waals surface area contributed by atoms with Crippen molar-refractivity contribution in [2.45, 2.75) is 89.1 Å². The number of ether oxygens (including phenoxy) is 2. The van der Waals surface area contributed by atoms with Gasteiger partial charge in [-0.3, -0.25) is 4.90 Å². The number of nitrogens with zero attached hydrogens (tertiary/aromatic N) is 1. The van der Waals surface area contributed by atoms with Crippen molar-refractivity contribution < 1.29 is 9.47 Å². The van der Waals surface area contributed by atoms with Crippen LogP contribution in [0.4, 0.5) is 0 Å². The minimum absolute atomic E-state index is 0. The molecule has 0 heterocycles. The van der Waals surface area contributed by atoms with Crippen molar-refractivity contribution in [2.75, 3.05) is 33.9 Å². The van der Waals surface area contributed by atoms with Gasteiger partial charge in [0.25, 0.3) is 0 Å². The summed E-state index contributed by atoms with van der Waals surface area (Å²) in [6, 6.07) is 14.4. The van der Waals surface area contributed by atoms with E-state index in [0.717, 1.165) is 41.7 Å². The first-order chi connectivity index (χ1) is 18.7. The fraction of sp³-hybridized carbons (Fsp3) is 0.647. The zero-order valence-electron chi connectivity index (χ0n) is 24.1. The van der Waals surface area contributed by atoms with Crippen molar-refractivity contribution in [3.05, 3.63) is 58.7 Å². The number of fused-ring (bicyclic) bond motifs is 2. The molecule has 0 amide bonds. The summed E-state index contributed by atoms with van der Waals surface area (Å²) >= 11 is 0. The molecule has 5 heteroatoms. The van der Waals surface area contributed by atoms with Gasteiger partial charge in [0.15, 0.2) is 0 Å². The molecule has 7 rings (SSSR count). The van der Waals surface area contributed by atoms with E-state index in [9.17, 15) is 0 Å². The fourth-order valence-electron chi connectivity index (χ4n) is 6.65. The quantitative estimate of drug-likeness (QED) is 0.358. The van der Waals surface area contributed by atoms with Gasteiger partial charge in [0.2, 0.25) is 0 Å². The first-order valence-corrected chi connectivity index (χ1v) is 15.5. The maximum Gasteiger partial charge on any atom is 0.122 e. The molecule has 214 valence electrons. The lowest BCUT2D eigenvalue weighted by atomic mass is 9.86. The van der Waals surface area contributed by atoms with Gasteiger partial charge in [-0.15, -0.1) is 12.4 Å². The van der Waals surface area contributed by atoms with Crippen LogP contribution in [-0.4, -0.2) is 50.8 Å². The summed E-state index contributed by atoms with van der Waals surface area (Å²) in [4.78, 5) is 2.84. The van der Waals surface area contributed by atoms with Gasteiger partial charge in [-0.05, 0) is 136 Å². The van der Waals surface area contributed by atoms with Gasteiger partial charge in [0.05, 0.1) is 14.2 Å². The molecule has 5 aliphatic rings. The molecule has 1 N–H and O–H groups in total. The Balaban J connectivity index is 0.000000157. The predicted octanol–water partition coefficient (Wildman–Crippen LogP) is 6.65. The Labute approximate surface area is 242 Å². The highest BCUT2D eigenvalue weighted by Gasteiger charge is 2.34. The van der Waals surface area contributed by atoms with Gasteiger partial charge in [-0.2, -0.15) is 0 Å². The number of hydrogen-bond acceptors (Lipinski definition) is 4. The maximum absolute atomic E-state index is 5.61. The van der Waals surface area contributed by atoms with E-state index in [-0.39, 0.29) is 12.4 Å². The van der Waals surface area contributed by atoms with Crippen LogP contribution in [0.3, 0.4) is 0 Å². The molecule has 2 unspecified atom stereocenters. The molecular formula is C34H49ClN2O2.